The summed E-state index contributed by atoms with van der Waals surface area (Å²) in [6.45, 7) is 5.71. The molecular weight excluding hydrogens is 156 g/mol. The fourth-order valence-corrected chi connectivity index (χ4v) is 1.73. The van der Waals surface area contributed by atoms with Crippen LogP contribution in [0.2, 0.25) is 0 Å². The van der Waals surface area contributed by atoms with Crippen LogP contribution in [0.4, 0.5) is 0 Å². The number of nitrogens with zero attached hydrogens (tertiary/aromatic N) is 2. The van der Waals surface area contributed by atoms with Crippen LogP contribution in [0.3, 0.4) is 0 Å². The van der Waals surface area contributed by atoms with Gasteiger partial charge in [0.25, 0.3) is 0 Å². The first kappa shape index (κ1) is 8.48. The summed E-state index contributed by atoms with van der Waals surface area (Å²) >= 11 is 5.18. The molecule has 2 atom stereocenters. The van der Waals surface area contributed by atoms with Crippen LogP contribution in [0, 0.1) is 23.2 Å². The lowest BCUT2D eigenvalue weighted by Crippen LogP contribution is -2.25. The van der Waals surface area contributed by atoms with E-state index in [1.807, 2.05) is 4.90 Å². The first-order valence-corrected chi connectivity index (χ1v) is 4.23. The molecule has 0 aliphatic carbocycles. The maximum absolute atomic E-state index is 8.47. The van der Waals surface area contributed by atoms with Crippen molar-refractivity contribution in [3.63, 3.8) is 0 Å². The number of likely N-dealkylation sites (tertiary alicyclic amines) is 1. The number of rotatable bonds is 1. The van der Waals surface area contributed by atoms with Gasteiger partial charge in [-0.05, 0) is 5.92 Å². The summed E-state index contributed by atoms with van der Waals surface area (Å²) in [5, 5.41) is 8.47. The van der Waals surface area contributed by atoms with Crippen molar-refractivity contribution in [1.29, 1.82) is 5.26 Å². The fraction of sp³-hybridized carbons (Fsp3) is 0.750. The van der Waals surface area contributed by atoms with Gasteiger partial charge in [0, 0.05) is 12.5 Å². The zero-order chi connectivity index (χ0) is 8.43. The van der Waals surface area contributed by atoms with Crippen molar-refractivity contribution >= 4 is 17.2 Å². The van der Waals surface area contributed by atoms with Gasteiger partial charge < -0.3 is 4.90 Å². The summed E-state index contributed by atoms with van der Waals surface area (Å²) in [5.41, 5.74) is 0. The van der Waals surface area contributed by atoms with Gasteiger partial charge in [-0.2, -0.15) is 5.26 Å². The van der Waals surface area contributed by atoms with Gasteiger partial charge in [0.2, 0.25) is 0 Å². The molecule has 0 spiro atoms. The van der Waals surface area contributed by atoms with E-state index in [2.05, 4.69) is 19.9 Å². The van der Waals surface area contributed by atoms with E-state index in [9.17, 15) is 0 Å². The molecule has 60 valence electrons. The molecule has 1 aliphatic heterocycles. The molecule has 2 nitrogen and oxygen atoms in total. The summed E-state index contributed by atoms with van der Waals surface area (Å²) in [6.07, 6.45) is 0. The third kappa shape index (κ3) is 1.51. The zero-order valence-electron chi connectivity index (χ0n) is 6.87. The minimum Gasteiger partial charge on any atom is -0.352 e. The van der Waals surface area contributed by atoms with E-state index < -0.39 is 0 Å². The normalized spacial score (nSPS) is 30.6. The van der Waals surface area contributed by atoms with Crippen molar-refractivity contribution < 1.29 is 0 Å². The largest absolute Gasteiger partial charge is 0.352 e. The van der Waals surface area contributed by atoms with Gasteiger partial charge in [0.05, 0.1) is 11.1 Å². The Morgan fingerprint density at radius 3 is 2.73 bits per heavy atom. The maximum Gasteiger partial charge on any atom is 0.106 e. The van der Waals surface area contributed by atoms with Gasteiger partial charge in [0.1, 0.15) is 6.54 Å². The molecule has 0 bridgehead atoms. The molecule has 0 amide bonds. The Bertz CT molecular complexity index is 207. The predicted octanol–water partition coefficient (Wildman–Crippen LogP) is 1.43. The standard InChI is InChI=1S/C8H12N2S/c1-6-5-10(4-3-9)8(11)7(6)2/h6-7H,4-5H2,1-2H3. The molecule has 0 aromatic carbocycles. The van der Waals surface area contributed by atoms with Gasteiger partial charge >= 0.3 is 0 Å². The molecule has 1 aliphatic rings. The highest BCUT2D eigenvalue weighted by Gasteiger charge is 2.30. The van der Waals surface area contributed by atoms with Crippen LogP contribution in [0.15, 0.2) is 0 Å². The van der Waals surface area contributed by atoms with E-state index >= 15 is 0 Å². The zero-order valence-corrected chi connectivity index (χ0v) is 7.69. The monoisotopic (exact) mass is 168 g/mol. The predicted molar refractivity (Wildman–Crippen MR) is 48.1 cm³/mol. The average Bonchev–Trinajstić information content (AvgIpc) is 2.19. The lowest BCUT2D eigenvalue weighted by molar-refractivity contribution is 0.435. The second-order valence-electron chi connectivity index (χ2n) is 3.14. The molecular formula is C8H12N2S. The SMILES string of the molecule is CC1CN(CC#N)C(=S)C1C. The molecule has 1 saturated heterocycles. The molecule has 1 rings (SSSR count). The Morgan fingerprint density at radius 1 is 1.73 bits per heavy atom. The molecule has 2 unspecified atom stereocenters. The summed E-state index contributed by atoms with van der Waals surface area (Å²) in [7, 11) is 0. The second kappa shape index (κ2) is 3.19. The van der Waals surface area contributed by atoms with E-state index in [1.54, 1.807) is 0 Å². The third-order valence-electron chi connectivity index (χ3n) is 2.32. The highest BCUT2D eigenvalue weighted by Crippen LogP contribution is 2.24. The maximum atomic E-state index is 8.47. The molecule has 0 radical (unpaired) electrons. The average molecular weight is 168 g/mol. The molecule has 0 aromatic rings. The summed E-state index contributed by atoms with van der Waals surface area (Å²) in [6, 6.07) is 2.12. The van der Waals surface area contributed by atoms with Crippen molar-refractivity contribution in [1.82, 2.24) is 4.90 Å². The summed E-state index contributed by atoms with van der Waals surface area (Å²) in [4.78, 5) is 2.95. The molecule has 0 saturated carbocycles. The van der Waals surface area contributed by atoms with E-state index in [-0.39, 0.29) is 0 Å². The molecule has 11 heavy (non-hydrogen) atoms. The number of nitriles is 1. The topological polar surface area (TPSA) is 27.0 Å². The smallest absolute Gasteiger partial charge is 0.106 e. The Labute approximate surface area is 72.8 Å². The van der Waals surface area contributed by atoms with Crippen LogP contribution in [0.25, 0.3) is 0 Å². The molecule has 1 heterocycles. The Hall–Kier alpha value is -0.620. The number of hydrogen-bond acceptors (Lipinski definition) is 2. The van der Waals surface area contributed by atoms with Crippen molar-refractivity contribution in [2.24, 2.45) is 11.8 Å². The van der Waals surface area contributed by atoms with Crippen molar-refractivity contribution in [3.05, 3.63) is 0 Å². The highest BCUT2D eigenvalue weighted by molar-refractivity contribution is 7.80. The minimum absolute atomic E-state index is 0.452. The van der Waals surface area contributed by atoms with E-state index in [4.69, 9.17) is 17.5 Å². The molecule has 0 aromatic heterocycles. The Balaban J connectivity index is 2.61. The molecule has 1 fully saturated rings. The quantitative estimate of drug-likeness (QED) is 0.438. The fourth-order valence-electron chi connectivity index (χ4n) is 1.35. The van der Waals surface area contributed by atoms with Crippen molar-refractivity contribution in [2.75, 3.05) is 13.1 Å². The van der Waals surface area contributed by atoms with Gasteiger partial charge in [0.15, 0.2) is 0 Å². The van der Waals surface area contributed by atoms with Gasteiger partial charge in [-0.15, -0.1) is 0 Å². The van der Waals surface area contributed by atoms with Gasteiger partial charge in [-0.3, -0.25) is 0 Å². The molecule has 3 heteroatoms. The van der Waals surface area contributed by atoms with Crippen LogP contribution in [0.5, 0.6) is 0 Å². The first-order valence-electron chi connectivity index (χ1n) is 3.82. The second-order valence-corrected chi connectivity index (χ2v) is 3.56. The van der Waals surface area contributed by atoms with Crippen LogP contribution in [-0.2, 0) is 0 Å². The van der Waals surface area contributed by atoms with Gasteiger partial charge in [-0.25, -0.2) is 0 Å². The summed E-state index contributed by atoms with van der Waals surface area (Å²) in [5.74, 6) is 1.08. The lowest BCUT2D eigenvalue weighted by atomic mass is 10.0. The van der Waals surface area contributed by atoms with E-state index in [0.717, 1.165) is 11.5 Å². The Morgan fingerprint density at radius 2 is 2.36 bits per heavy atom. The van der Waals surface area contributed by atoms with Crippen LogP contribution in [0.1, 0.15) is 13.8 Å². The Kier molecular flexibility index (Phi) is 2.45. The molecule has 0 N–H and O–H groups in total. The van der Waals surface area contributed by atoms with E-state index in [0.29, 0.717) is 18.4 Å². The first-order chi connectivity index (χ1) is 5.16. The van der Waals surface area contributed by atoms with Crippen LogP contribution >= 0.6 is 12.2 Å². The highest BCUT2D eigenvalue weighted by atomic mass is 32.1. The summed E-state index contributed by atoms with van der Waals surface area (Å²) < 4.78 is 0. The lowest BCUT2D eigenvalue weighted by Gasteiger charge is -2.13. The minimum atomic E-state index is 0.452. The van der Waals surface area contributed by atoms with Crippen molar-refractivity contribution in [2.45, 2.75) is 13.8 Å². The third-order valence-corrected chi connectivity index (χ3v) is 2.95. The number of thiocarbonyl (C=S) groups is 1. The van der Waals surface area contributed by atoms with Gasteiger partial charge in [-0.1, -0.05) is 26.1 Å². The number of hydrogen-bond donors (Lipinski definition) is 0. The van der Waals surface area contributed by atoms with Crippen LogP contribution < -0.4 is 0 Å². The van der Waals surface area contributed by atoms with Crippen molar-refractivity contribution in [3.8, 4) is 6.07 Å². The van der Waals surface area contributed by atoms with Crippen LogP contribution in [-0.4, -0.2) is 23.0 Å². The van der Waals surface area contributed by atoms with E-state index in [1.165, 1.54) is 0 Å².